The lowest BCUT2D eigenvalue weighted by Gasteiger charge is -2.27. The predicted molar refractivity (Wildman–Crippen MR) is 124 cm³/mol. The predicted octanol–water partition coefficient (Wildman–Crippen LogP) is 1.27. The Hall–Kier alpha value is -3.41. The first-order valence-electron chi connectivity index (χ1n) is 11.5. The van der Waals surface area contributed by atoms with Crippen LogP contribution in [0, 0.1) is 17.5 Å². The van der Waals surface area contributed by atoms with Gasteiger partial charge in [-0.05, 0) is 41.0 Å². The molecule has 0 fully saturated rings. The van der Waals surface area contributed by atoms with Crippen molar-refractivity contribution in [2.75, 3.05) is 19.7 Å². The average Bonchev–Trinajstić information content (AvgIpc) is 3.09. The molecule has 2 heterocycles. The smallest absolute Gasteiger partial charge is 0.271 e. The number of aliphatic hydroxyl groups excluding tert-OH is 2. The van der Waals surface area contributed by atoms with E-state index in [9.17, 15) is 27.9 Å². The topological polar surface area (TPSA) is 99.7 Å². The normalized spacial score (nSPS) is 13.6. The SMILES string of the molecule is O=C(CO)NCCn1c2c(c(=O)n1Cc1ccc(F)cc1CO)CN(Cc1cc(F)cc(F)c1)CC2. The Kier molecular flexibility index (Phi) is 7.92. The Morgan fingerprint density at radius 2 is 1.69 bits per heavy atom. The molecule has 1 aliphatic rings. The van der Waals surface area contributed by atoms with Gasteiger partial charge in [0.1, 0.15) is 24.1 Å². The fraction of sp³-hybridized carbons (Fsp3) is 0.360. The van der Waals surface area contributed by atoms with Gasteiger partial charge in [0.25, 0.3) is 5.56 Å². The zero-order chi connectivity index (χ0) is 25.8. The number of aromatic nitrogens is 2. The molecular weight excluding hydrogens is 477 g/mol. The van der Waals surface area contributed by atoms with E-state index in [0.29, 0.717) is 35.2 Å². The molecule has 3 N–H and O–H groups in total. The zero-order valence-electron chi connectivity index (χ0n) is 19.5. The van der Waals surface area contributed by atoms with Crippen molar-refractivity contribution < 1.29 is 28.2 Å². The van der Waals surface area contributed by atoms with Crippen LogP contribution in [0.1, 0.15) is 27.9 Å². The van der Waals surface area contributed by atoms with Crippen LogP contribution in [0.25, 0.3) is 0 Å². The van der Waals surface area contributed by atoms with E-state index in [0.717, 1.165) is 11.8 Å². The van der Waals surface area contributed by atoms with Crippen molar-refractivity contribution in [2.24, 2.45) is 0 Å². The van der Waals surface area contributed by atoms with E-state index in [1.807, 2.05) is 4.90 Å². The summed E-state index contributed by atoms with van der Waals surface area (Å²) < 4.78 is 44.2. The fourth-order valence-electron chi connectivity index (χ4n) is 4.62. The van der Waals surface area contributed by atoms with Gasteiger partial charge in [0.2, 0.25) is 5.91 Å². The lowest BCUT2D eigenvalue weighted by molar-refractivity contribution is -0.123. The van der Waals surface area contributed by atoms with Gasteiger partial charge in [0.05, 0.1) is 25.3 Å². The molecule has 0 aliphatic carbocycles. The van der Waals surface area contributed by atoms with Crippen molar-refractivity contribution in [3.05, 3.63) is 92.2 Å². The molecule has 11 heteroatoms. The molecule has 1 aromatic heterocycles. The van der Waals surface area contributed by atoms with Crippen LogP contribution in [0.4, 0.5) is 13.2 Å². The molecular formula is C25H27F3N4O4. The van der Waals surface area contributed by atoms with E-state index in [4.69, 9.17) is 5.11 Å². The monoisotopic (exact) mass is 504 g/mol. The van der Waals surface area contributed by atoms with E-state index >= 15 is 0 Å². The number of carbonyl (C=O) groups is 1. The second-order valence-corrected chi connectivity index (χ2v) is 8.73. The maximum atomic E-state index is 13.7. The van der Waals surface area contributed by atoms with E-state index in [-0.39, 0.29) is 38.3 Å². The molecule has 0 spiro atoms. The van der Waals surface area contributed by atoms with E-state index in [2.05, 4.69) is 5.32 Å². The molecule has 1 aliphatic heterocycles. The molecule has 0 saturated carbocycles. The number of rotatable bonds is 9. The van der Waals surface area contributed by atoms with Crippen LogP contribution in [0.2, 0.25) is 0 Å². The van der Waals surface area contributed by atoms with Gasteiger partial charge in [-0.2, -0.15) is 0 Å². The number of aliphatic hydroxyl groups is 2. The Balaban J connectivity index is 1.65. The third kappa shape index (κ3) is 5.69. The number of amides is 1. The molecule has 192 valence electrons. The number of hydrogen-bond donors (Lipinski definition) is 3. The van der Waals surface area contributed by atoms with Crippen LogP contribution < -0.4 is 10.9 Å². The van der Waals surface area contributed by atoms with Crippen molar-refractivity contribution in [2.45, 2.75) is 39.2 Å². The number of halogens is 3. The minimum absolute atomic E-state index is 0.0745. The molecule has 0 bridgehead atoms. The van der Waals surface area contributed by atoms with Crippen molar-refractivity contribution in [1.82, 2.24) is 19.6 Å². The van der Waals surface area contributed by atoms with Gasteiger partial charge in [0.15, 0.2) is 0 Å². The summed E-state index contributed by atoms with van der Waals surface area (Å²) in [4.78, 5) is 26.9. The summed E-state index contributed by atoms with van der Waals surface area (Å²) in [6.07, 6.45) is 0.486. The summed E-state index contributed by atoms with van der Waals surface area (Å²) in [5.74, 6) is -2.37. The first kappa shape index (κ1) is 25.7. The van der Waals surface area contributed by atoms with Crippen LogP contribution >= 0.6 is 0 Å². The Labute approximate surface area is 205 Å². The molecule has 4 rings (SSSR count). The van der Waals surface area contributed by atoms with Gasteiger partial charge < -0.3 is 15.5 Å². The Bertz CT molecular complexity index is 1300. The van der Waals surface area contributed by atoms with E-state index in [1.54, 1.807) is 4.68 Å². The zero-order valence-corrected chi connectivity index (χ0v) is 19.5. The molecule has 0 unspecified atom stereocenters. The Morgan fingerprint density at radius 1 is 0.944 bits per heavy atom. The number of nitrogens with one attached hydrogen (secondary N) is 1. The fourth-order valence-corrected chi connectivity index (χ4v) is 4.62. The van der Waals surface area contributed by atoms with E-state index in [1.165, 1.54) is 35.0 Å². The standard InChI is InChI=1S/C25H27F3N4O4/c26-19-2-1-17(18(9-19)14-33)12-32-25(36)22-13-30(11-16-7-20(27)10-21(28)8-16)5-3-23(22)31(32)6-4-29-24(35)15-34/h1-2,7-10,33-34H,3-6,11-15H2,(H,29,35). The van der Waals surface area contributed by atoms with Gasteiger partial charge in [-0.25, -0.2) is 17.9 Å². The van der Waals surface area contributed by atoms with Crippen molar-refractivity contribution in [3.8, 4) is 0 Å². The first-order valence-corrected chi connectivity index (χ1v) is 11.5. The average molecular weight is 505 g/mol. The summed E-state index contributed by atoms with van der Waals surface area (Å²) in [6.45, 7) is 0.510. The molecule has 3 aromatic rings. The summed E-state index contributed by atoms with van der Waals surface area (Å²) in [5, 5.41) is 21.2. The number of fused-ring (bicyclic) bond motifs is 1. The summed E-state index contributed by atoms with van der Waals surface area (Å²) >= 11 is 0. The van der Waals surface area contributed by atoms with Crippen LogP contribution in [-0.2, 0) is 44.0 Å². The van der Waals surface area contributed by atoms with Crippen LogP contribution in [0.15, 0.2) is 41.2 Å². The van der Waals surface area contributed by atoms with Gasteiger partial charge in [-0.3, -0.25) is 19.2 Å². The summed E-state index contributed by atoms with van der Waals surface area (Å²) in [5.41, 5.74) is 2.41. The van der Waals surface area contributed by atoms with Crippen molar-refractivity contribution >= 4 is 5.91 Å². The van der Waals surface area contributed by atoms with Gasteiger partial charge >= 0.3 is 0 Å². The third-order valence-corrected chi connectivity index (χ3v) is 6.27. The first-order chi connectivity index (χ1) is 17.3. The molecule has 2 aromatic carbocycles. The highest BCUT2D eigenvalue weighted by Gasteiger charge is 2.27. The molecule has 8 nitrogen and oxygen atoms in total. The largest absolute Gasteiger partial charge is 0.392 e. The maximum Gasteiger partial charge on any atom is 0.271 e. The van der Waals surface area contributed by atoms with Crippen molar-refractivity contribution in [3.63, 3.8) is 0 Å². The molecule has 0 saturated heterocycles. The Morgan fingerprint density at radius 3 is 2.39 bits per heavy atom. The van der Waals surface area contributed by atoms with Crippen LogP contribution in [0.5, 0.6) is 0 Å². The van der Waals surface area contributed by atoms with Gasteiger partial charge in [0, 0.05) is 44.4 Å². The minimum Gasteiger partial charge on any atom is -0.392 e. The quantitative estimate of drug-likeness (QED) is 0.408. The molecule has 1 amide bonds. The van der Waals surface area contributed by atoms with Crippen LogP contribution in [0.3, 0.4) is 0 Å². The van der Waals surface area contributed by atoms with Crippen molar-refractivity contribution in [1.29, 1.82) is 0 Å². The number of benzene rings is 2. The van der Waals surface area contributed by atoms with Gasteiger partial charge in [-0.15, -0.1) is 0 Å². The van der Waals surface area contributed by atoms with Crippen LogP contribution in [-0.4, -0.2) is 50.1 Å². The highest BCUT2D eigenvalue weighted by Crippen LogP contribution is 2.21. The summed E-state index contributed by atoms with van der Waals surface area (Å²) in [6, 6.07) is 7.32. The number of carbonyl (C=O) groups excluding carboxylic acids is 1. The minimum atomic E-state index is -0.667. The number of nitrogens with zero attached hydrogens (tertiary/aromatic N) is 3. The summed E-state index contributed by atoms with van der Waals surface area (Å²) in [7, 11) is 0. The third-order valence-electron chi connectivity index (χ3n) is 6.27. The second-order valence-electron chi connectivity index (χ2n) is 8.73. The number of hydrogen-bond acceptors (Lipinski definition) is 5. The lowest BCUT2D eigenvalue weighted by Crippen LogP contribution is -2.33. The highest BCUT2D eigenvalue weighted by molar-refractivity contribution is 5.76. The second kappa shape index (κ2) is 11.1. The van der Waals surface area contributed by atoms with Gasteiger partial charge in [-0.1, -0.05) is 6.07 Å². The maximum absolute atomic E-state index is 13.7. The highest BCUT2D eigenvalue weighted by atomic mass is 19.1. The lowest BCUT2D eigenvalue weighted by atomic mass is 10.1. The molecule has 0 atom stereocenters. The van der Waals surface area contributed by atoms with E-state index < -0.39 is 36.6 Å². The molecule has 36 heavy (non-hydrogen) atoms. The molecule has 0 radical (unpaired) electrons.